The molecule has 0 heterocycles. The summed E-state index contributed by atoms with van der Waals surface area (Å²) >= 11 is 5.83. The number of halogens is 2. The summed E-state index contributed by atoms with van der Waals surface area (Å²) in [4.78, 5) is 14.0. The molecule has 2 aromatic rings. The summed E-state index contributed by atoms with van der Waals surface area (Å²) in [5.41, 5.74) is 7.07. The number of likely N-dealkylation sites (N-methyl/N-ethyl adjacent to an activating group) is 1. The zero-order valence-electron chi connectivity index (χ0n) is 15.6. The highest BCUT2D eigenvalue weighted by Gasteiger charge is 2.18. The molecule has 0 bridgehead atoms. The lowest BCUT2D eigenvalue weighted by molar-refractivity contribution is -0.131. The molecular weight excluding hydrogens is 387 g/mol. The van der Waals surface area contributed by atoms with Crippen molar-refractivity contribution in [2.45, 2.75) is 18.9 Å². The Bertz CT molecular complexity index is 693. The standard InChI is InChI=1S/C20H25ClN2O3.ClH/c1-23(12-3-13-26-18-10-6-16(21)7-11-18)20(24)19(22)14-15-4-8-17(25-2)9-5-15;/h4-11,19H,3,12-14,22H2,1-2H3;1H/t19-;/m0./s1. The fourth-order valence-corrected chi connectivity index (χ4v) is 2.64. The maximum atomic E-state index is 12.4. The number of ether oxygens (including phenoxy) is 2. The summed E-state index contributed by atoms with van der Waals surface area (Å²) in [6.45, 7) is 1.11. The molecule has 27 heavy (non-hydrogen) atoms. The Labute approximate surface area is 171 Å². The number of hydrogen-bond acceptors (Lipinski definition) is 4. The van der Waals surface area contributed by atoms with Crippen molar-refractivity contribution in [3.8, 4) is 11.5 Å². The van der Waals surface area contributed by atoms with Crippen LogP contribution in [0.1, 0.15) is 12.0 Å². The molecule has 7 heteroatoms. The first-order valence-electron chi connectivity index (χ1n) is 8.51. The third-order valence-electron chi connectivity index (χ3n) is 4.03. The quantitative estimate of drug-likeness (QED) is 0.639. The van der Waals surface area contributed by atoms with Gasteiger partial charge >= 0.3 is 0 Å². The molecule has 0 aliphatic rings. The highest BCUT2D eigenvalue weighted by atomic mass is 35.5. The van der Waals surface area contributed by atoms with Gasteiger partial charge in [-0.05, 0) is 54.8 Å². The fraction of sp³-hybridized carbons (Fsp3) is 0.350. The Morgan fingerprint density at radius 2 is 1.70 bits per heavy atom. The third kappa shape index (κ3) is 7.67. The molecule has 0 aliphatic carbocycles. The molecule has 0 saturated heterocycles. The van der Waals surface area contributed by atoms with Crippen LogP contribution in [0.2, 0.25) is 5.02 Å². The maximum absolute atomic E-state index is 12.4. The second-order valence-corrected chi connectivity index (χ2v) is 6.51. The molecule has 5 nitrogen and oxygen atoms in total. The van der Waals surface area contributed by atoms with Gasteiger partial charge in [-0.25, -0.2) is 0 Å². The summed E-state index contributed by atoms with van der Waals surface area (Å²) < 4.78 is 10.8. The lowest BCUT2D eigenvalue weighted by atomic mass is 10.1. The van der Waals surface area contributed by atoms with Gasteiger partial charge in [0, 0.05) is 18.6 Å². The number of hydrogen-bond donors (Lipinski definition) is 1. The predicted molar refractivity (Wildman–Crippen MR) is 111 cm³/mol. The summed E-state index contributed by atoms with van der Waals surface area (Å²) in [6.07, 6.45) is 1.22. The van der Waals surface area contributed by atoms with E-state index in [1.54, 1.807) is 31.2 Å². The molecule has 148 valence electrons. The Morgan fingerprint density at radius 3 is 2.30 bits per heavy atom. The number of nitrogens with two attached hydrogens (primary N) is 1. The molecule has 0 spiro atoms. The monoisotopic (exact) mass is 412 g/mol. The van der Waals surface area contributed by atoms with Gasteiger partial charge in [0.25, 0.3) is 0 Å². The van der Waals surface area contributed by atoms with E-state index in [1.807, 2.05) is 36.4 Å². The lowest BCUT2D eigenvalue weighted by Crippen LogP contribution is -2.43. The summed E-state index contributed by atoms with van der Waals surface area (Å²) in [7, 11) is 3.38. The largest absolute Gasteiger partial charge is 0.497 e. The number of nitrogens with zero attached hydrogens (tertiary/aromatic N) is 1. The molecule has 0 aromatic heterocycles. The Kier molecular flexibility index (Phi) is 10.0. The van der Waals surface area contributed by atoms with Crippen LogP contribution < -0.4 is 15.2 Å². The number of carbonyl (C=O) groups excluding carboxylic acids is 1. The van der Waals surface area contributed by atoms with E-state index >= 15 is 0 Å². The van der Waals surface area contributed by atoms with E-state index in [0.29, 0.717) is 24.6 Å². The van der Waals surface area contributed by atoms with Gasteiger partial charge in [-0.1, -0.05) is 23.7 Å². The van der Waals surface area contributed by atoms with Crippen LogP contribution in [0.25, 0.3) is 0 Å². The number of amides is 1. The number of benzene rings is 2. The average molecular weight is 413 g/mol. The van der Waals surface area contributed by atoms with E-state index in [4.69, 9.17) is 26.8 Å². The van der Waals surface area contributed by atoms with Crippen LogP contribution in [-0.4, -0.2) is 44.2 Å². The topological polar surface area (TPSA) is 64.8 Å². The van der Waals surface area contributed by atoms with Gasteiger partial charge in [-0.15, -0.1) is 12.4 Å². The molecule has 0 radical (unpaired) electrons. The molecule has 2 N–H and O–H groups in total. The second kappa shape index (κ2) is 11.7. The minimum Gasteiger partial charge on any atom is -0.497 e. The normalized spacial score (nSPS) is 11.3. The molecule has 1 atom stereocenters. The van der Waals surface area contributed by atoms with Gasteiger partial charge < -0.3 is 20.1 Å². The Balaban J connectivity index is 0.00000364. The highest BCUT2D eigenvalue weighted by Crippen LogP contribution is 2.16. The van der Waals surface area contributed by atoms with E-state index < -0.39 is 6.04 Å². The van der Waals surface area contributed by atoms with Gasteiger partial charge in [0.05, 0.1) is 19.8 Å². The molecule has 2 aromatic carbocycles. The Hall–Kier alpha value is -1.95. The van der Waals surface area contributed by atoms with Crippen molar-refractivity contribution in [3.63, 3.8) is 0 Å². The van der Waals surface area contributed by atoms with Crippen LogP contribution >= 0.6 is 24.0 Å². The molecule has 0 aliphatic heterocycles. The van der Waals surface area contributed by atoms with E-state index in [0.717, 1.165) is 23.5 Å². The van der Waals surface area contributed by atoms with Crippen LogP contribution in [0.3, 0.4) is 0 Å². The summed E-state index contributed by atoms with van der Waals surface area (Å²) in [6, 6.07) is 14.2. The van der Waals surface area contributed by atoms with Crippen molar-refractivity contribution in [2.24, 2.45) is 5.73 Å². The first-order valence-corrected chi connectivity index (χ1v) is 8.89. The SMILES string of the molecule is COc1ccc(C[C@H](N)C(=O)N(C)CCCOc2ccc(Cl)cc2)cc1.Cl. The maximum Gasteiger partial charge on any atom is 0.239 e. The molecule has 0 fully saturated rings. The van der Waals surface area contributed by atoms with E-state index in [9.17, 15) is 4.79 Å². The lowest BCUT2D eigenvalue weighted by Gasteiger charge is -2.21. The van der Waals surface area contributed by atoms with Gasteiger partial charge in [0.15, 0.2) is 0 Å². The molecule has 1 amide bonds. The van der Waals surface area contributed by atoms with Crippen LogP contribution in [0, 0.1) is 0 Å². The summed E-state index contributed by atoms with van der Waals surface area (Å²) in [5, 5.41) is 0.675. The number of rotatable bonds is 9. The summed E-state index contributed by atoms with van der Waals surface area (Å²) in [5.74, 6) is 1.47. The zero-order valence-corrected chi connectivity index (χ0v) is 17.1. The molecule has 0 unspecified atom stereocenters. The van der Waals surface area contributed by atoms with Crippen molar-refractivity contribution >= 4 is 29.9 Å². The van der Waals surface area contributed by atoms with Crippen LogP contribution in [-0.2, 0) is 11.2 Å². The minimum absolute atomic E-state index is 0. The van der Waals surface area contributed by atoms with E-state index in [-0.39, 0.29) is 18.3 Å². The van der Waals surface area contributed by atoms with Crippen molar-refractivity contribution in [1.29, 1.82) is 0 Å². The molecular formula is C20H26Cl2N2O3. The Morgan fingerprint density at radius 1 is 1.11 bits per heavy atom. The van der Waals surface area contributed by atoms with Crippen LogP contribution in [0.4, 0.5) is 0 Å². The first-order chi connectivity index (χ1) is 12.5. The fourth-order valence-electron chi connectivity index (χ4n) is 2.52. The highest BCUT2D eigenvalue weighted by molar-refractivity contribution is 6.30. The predicted octanol–water partition coefficient (Wildman–Crippen LogP) is 3.57. The van der Waals surface area contributed by atoms with E-state index in [2.05, 4.69) is 0 Å². The third-order valence-corrected chi connectivity index (χ3v) is 4.28. The van der Waals surface area contributed by atoms with Crippen molar-refractivity contribution in [1.82, 2.24) is 4.90 Å². The van der Waals surface area contributed by atoms with E-state index in [1.165, 1.54) is 0 Å². The smallest absolute Gasteiger partial charge is 0.239 e. The molecule has 0 saturated carbocycles. The van der Waals surface area contributed by atoms with Gasteiger partial charge in [0.1, 0.15) is 11.5 Å². The van der Waals surface area contributed by atoms with Crippen molar-refractivity contribution in [3.05, 3.63) is 59.1 Å². The van der Waals surface area contributed by atoms with Gasteiger partial charge in [-0.3, -0.25) is 4.79 Å². The van der Waals surface area contributed by atoms with Gasteiger partial charge in [-0.2, -0.15) is 0 Å². The average Bonchev–Trinajstić information content (AvgIpc) is 2.66. The number of methoxy groups -OCH3 is 1. The first kappa shape index (κ1) is 23.1. The van der Waals surface area contributed by atoms with Crippen molar-refractivity contribution < 1.29 is 14.3 Å². The van der Waals surface area contributed by atoms with Gasteiger partial charge in [0.2, 0.25) is 5.91 Å². The zero-order chi connectivity index (χ0) is 18.9. The van der Waals surface area contributed by atoms with Crippen LogP contribution in [0.15, 0.2) is 48.5 Å². The second-order valence-electron chi connectivity index (χ2n) is 6.07. The number of carbonyl (C=O) groups is 1. The van der Waals surface area contributed by atoms with Crippen molar-refractivity contribution in [2.75, 3.05) is 27.3 Å². The minimum atomic E-state index is -0.564. The molecule has 2 rings (SSSR count). The van der Waals surface area contributed by atoms with Crippen LogP contribution in [0.5, 0.6) is 11.5 Å².